The molecule has 3 heterocycles. The first kappa shape index (κ1) is 17.2. The molecule has 0 radical (unpaired) electrons. The van der Waals surface area contributed by atoms with E-state index in [0.717, 1.165) is 18.4 Å². The summed E-state index contributed by atoms with van der Waals surface area (Å²) in [4.78, 5) is 25.5. The van der Waals surface area contributed by atoms with E-state index in [-0.39, 0.29) is 11.7 Å². The van der Waals surface area contributed by atoms with Crippen LogP contribution in [0.2, 0.25) is 0 Å². The topological polar surface area (TPSA) is 93.2 Å². The van der Waals surface area contributed by atoms with Gasteiger partial charge in [-0.3, -0.25) is 9.48 Å². The van der Waals surface area contributed by atoms with Crippen LogP contribution in [0, 0.1) is 5.82 Å². The maximum absolute atomic E-state index is 13.1. The Balaban J connectivity index is 1.52. The zero-order chi connectivity index (χ0) is 19.0. The molecule has 1 aromatic carbocycles. The highest BCUT2D eigenvalue weighted by molar-refractivity contribution is 5.94. The van der Waals surface area contributed by atoms with E-state index in [1.54, 1.807) is 15.8 Å². The zero-order valence-electron chi connectivity index (χ0n) is 15.0. The lowest BCUT2D eigenvalue weighted by Crippen LogP contribution is -2.35. The average Bonchev–Trinajstić information content (AvgIpc) is 2.89. The van der Waals surface area contributed by atoms with Crippen molar-refractivity contribution in [2.24, 2.45) is 7.05 Å². The number of nitrogens with zero attached hydrogens (tertiary/aromatic N) is 6. The molecule has 1 amide bonds. The van der Waals surface area contributed by atoms with Gasteiger partial charge in [0.15, 0.2) is 5.65 Å². The maximum atomic E-state index is 13.1. The number of nitrogen functional groups attached to an aromatic ring is 1. The molecule has 8 nitrogen and oxygen atoms in total. The molecule has 3 aromatic rings. The Morgan fingerprint density at radius 1 is 1.11 bits per heavy atom. The van der Waals surface area contributed by atoms with Gasteiger partial charge < -0.3 is 15.5 Å². The van der Waals surface area contributed by atoms with Crippen molar-refractivity contribution in [3.05, 3.63) is 41.8 Å². The number of carbonyl (C=O) groups excluding carboxylic acids is 1. The third kappa shape index (κ3) is 3.27. The third-order valence-electron chi connectivity index (χ3n) is 4.77. The minimum absolute atomic E-state index is 0.0978. The van der Waals surface area contributed by atoms with Crippen molar-refractivity contribution < 1.29 is 9.18 Å². The molecule has 140 valence electrons. The van der Waals surface area contributed by atoms with Crippen LogP contribution in [0.25, 0.3) is 11.0 Å². The Kier molecular flexibility index (Phi) is 4.35. The predicted molar refractivity (Wildman–Crippen MR) is 99.8 cm³/mol. The summed E-state index contributed by atoms with van der Waals surface area (Å²) < 4.78 is 14.7. The van der Waals surface area contributed by atoms with Gasteiger partial charge >= 0.3 is 0 Å². The molecule has 1 fully saturated rings. The van der Waals surface area contributed by atoms with E-state index in [1.165, 1.54) is 24.3 Å². The number of hydrogen-bond acceptors (Lipinski definition) is 6. The second-order valence-corrected chi connectivity index (χ2v) is 6.55. The predicted octanol–water partition coefficient (Wildman–Crippen LogP) is 1.44. The van der Waals surface area contributed by atoms with Crippen LogP contribution in [0.1, 0.15) is 16.8 Å². The van der Waals surface area contributed by atoms with Crippen LogP contribution < -0.4 is 10.6 Å². The largest absolute Gasteiger partial charge is 0.383 e. The van der Waals surface area contributed by atoms with Gasteiger partial charge in [-0.2, -0.15) is 15.1 Å². The molecule has 0 bridgehead atoms. The molecule has 0 atom stereocenters. The number of nitrogens with two attached hydrogens (primary N) is 1. The van der Waals surface area contributed by atoms with Crippen LogP contribution in [0.15, 0.2) is 30.5 Å². The van der Waals surface area contributed by atoms with Crippen molar-refractivity contribution in [2.75, 3.05) is 36.8 Å². The highest BCUT2D eigenvalue weighted by Gasteiger charge is 2.22. The molecule has 1 saturated heterocycles. The summed E-state index contributed by atoms with van der Waals surface area (Å²) in [7, 11) is 1.81. The minimum atomic E-state index is -0.353. The van der Waals surface area contributed by atoms with E-state index in [0.29, 0.717) is 42.6 Å². The fourth-order valence-corrected chi connectivity index (χ4v) is 3.27. The fraction of sp³-hybridized carbons (Fsp3) is 0.333. The van der Waals surface area contributed by atoms with Gasteiger partial charge in [0.25, 0.3) is 5.91 Å². The van der Waals surface area contributed by atoms with Crippen molar-refractivity contribution >= 4 is 28.7 Å². The quantitative estimate of drug-likeness (QED) is 0.735. The first-order valence-corrected chi connectivity index (χ1v) is 8.78. The molecule has 2 N–H and O–H groups in total. The average molecular weight is 369 g/mol. The van der Waals surface area contributed by atoms with Gasteiger partial charge in [-0.05, 0) is 30.7 Å². The molecule has 1 aliphatic rings. The molecule has 0 spiro atoms. The number of benzene rings is 1. The van der Waals surface area contributed by atoms with Crippen molar-refractivity contribution in [2.45, 2.75) is 6.42 Å². The second-order valence-electron chi connectivity index (χ2n) is 6.55. The summed E-state index contributed by atoms with van der Waals surface area (Å²) >= 11 is 0. The van der Waals surface area contributed by atoms with Crippen molar-refractivity contribution in [1.82, 2.24) is 24.6 Å². The molecule has 0 aliphatic carbocycles. The van der Waals surface area contributed by atoms with E-state index >= 15 is 0 Å². The molecular weight excluding hydrogens is 349 g/mol. The lowest BCUT2D eigenvalue weighted by atomic mass is 10.2. The monoisotopic (exact) mass is 369 g/mol. The molecule has 9 heteroatoms. The van der Waals surface area contributed by atoms with E-state index < -0.39 is 0 Å². The number of aryl methyl sites for hydroxylation is 1. The van der Waals surface area contributed by atoms with E-state index in [1.807, 2.05) is 11.9 Å². The molecule has 1 aliphatic heterocycles. The van der Waals surface area contributed by atoms with Crippen molar-refractivity contribution in [3.63, 3.8) is 0 Å². The van der Waals surface area contributed by atoms with Gasteiger partial charge in [0.2, 0.25) is 5.95 Å². The lowest BCUT2D eigenvalue weighted by Gasteiger charge is -2.22. The standard InChI is InChI=1S/C18H20FN7O/c1-24-16-14(11-21-24)15(20)22-18(23-16)26-8-2-7-25(9-10-26)17(27)12-3-5-13(19)6-4-12/h3-6,11H,2,7-10H2,1H3,(H2,20,22,23). The van der Waals surface area contributed by atoms with Crippen molar-refractivity contribution in [1.29, 1.82) is 0 Å². The highest BCUT2D eigenvalue weighted by atomic mass is 19.1. The van der Waals surface area contributed by atoms with Gasteiger partial charge in [0.05, 0.1) is 11.6 Å². The van der Waals surface area contributed by atoms with Crippen LogP contribution in [0.3, 0.4) is 0 Å². The number of aromatic nitrogens is 4. The maximum Gasteiger partial charge on any atom is 0.253 e. The molecule has 0 unspecified atom stereocenters. The number of carbonyl (C=O) groups is 1. The van der Waals surface area contributed by atoms with Crippen LogP contribution in [-0.2, 0) is 7.05 Å². The van der Waals surface area contributed by atoms with E-state index in [2.05, 4.69) is 15.1 Å². The van der Waals surface area contributed by atoms with Crippen LogP contribution in [0.4, 0.5) is 16.2 Å². The number of fused-ring (bicyclic) bond motifs is 1. The first-order valence-electron chi connectivity index (χ1n) is 8.78. The van der Waals surface area contributed by atoms with Crippen molar-refractivity contribution in [3.8, 4) is 0 Å². The van der Waals surface area contributed by atoms with Gasteiger partial charge in [-0.1, -0.05) is 0 Å². The second kappa shape index (κ2) is 6.82. The van der Waals surface area contributed by atoms with Gasteiger partial charge in [0, 0.05) is 38.8 Å². The first-order chi connectivity index (χ1) is 13.0. The van der Waals surface area contributed by atoms with Crippen LogP contribution in [0.5, 0.6) is 0 Å². The number of amides is 1. The van der Waals surface area contributed by atoms with Gasteiger partial charge in [0.1, 0.15) is 11.6 Å². The number of hydrogen-bond donors (Lipinski definition) is 1. The molecule has 2 aromatic heterocycles. The lowest BCUT2D eigenvalue weighted by molar-refractivity contribution is 0.0767. The third-order valence-corrected chi connectivity index (χ3v) is 4.77. The minimum Gasteiger partial charge on any atom is -0.383 e. The van der Waals surface area contributed by atoms with Crippen LogP contribution >= 0.6 is 0 Å². The van der Waals surface area contributed by atoms with Gasteiger partial charge in [-0.25, -0.2) is 4.39 Å². The SMILES string of the molecule is Cn1ncc2c(N)nc(N3CCCN(C(=O)c4ccc(F)cc4)CC3)nc21. The fourth-order valence-electron chi connectivity index (χ4n) is 3.27. The summed E-state index contributed by atoms with van der Waals surface area (Å²) in [5.74, 6) is 0.486. The van der Waals surface area contributed by atoms with E-state index in [9.17, 15) is 9.18 Å². The van der Waals surface area contributed by atoms with Crippen LogP contribution in [-0.4, -0.2) is 56.7 Å². The summed E-state index contributed by atoms with van der Waals surface area (Å²) in [5.41, 5.74) is 7.22. The summed E-state index contributed by atoms with van der Waals surface area (Å²) in [6, 6.07) is 5.63. The molecule has 0 saturated carbocycles. The Morgan fingerprint density at radius 3 is 2.67 bits per heavy atom. The molecule has 27 heavy (non-hydrogen) atoms. The van der Waals surface area contributed by atoms with E-state index in [4.69, 9.17) is 5.73 Å². The smallest absolute Gasteiger partial charge is 0.253 e. The molecular formula is C18H20FN7O. The number of anilines is 2. The number of halogens is 1. The normalized spacial score (nSPS) is 15.2. The summed E-state index contributed by atoms with van der Waals surface area (Å²) in [5, 5.41) is 4.90. The highest BCUT2D eigenvalue weighted by Crippen LogP contribution is 2.21. The Morgan fingerprint density at radius 2 is 1.89 bits per heavy atom. The molecule has 4 rings (SSSR count). The van der Waals surface area contributed by atoms with Gasteiger partial charge in [-0.15, -0.1) is 0 Å². The zero-order valence-corrected chi connectivity index (χ0v) is 15.0. The Bertz CT molecular complexity index is 985. The summed E-state index contributed by atoms with van der Waals surface area (Å²) in [6.45, 7) is 2.46. The number of rotatable bonds is 2. The Hall–Kier alpha value is -3.23. The Labute approximate surface area is 155 Å². The summed E-state index contributed by atoms with van der Waals surface area (Å²) in [6.07, 6.45) is 2.43.